The van der Waals surface area contributed by atoms with Gasteiger partial charge in [0.15, 0.2) is 0 Å². The van der Waals surface area contributed by atoms with Gasteiger partial charge in [0.05, 0.1) is 30.1 Å². The van der Waals surface area contributed by atoms with Crippen molar-refractivity contribution in [2.75, 3.05) is 0 Å². The average molecular weight is 455 g/mol. The molecule has 7 nitrogen and oxygen atoms in total. The smallest absolute Gasteiger partial charge is 0.249 e. The lowest BCUT2D eigenvalue weighted by molar-refractivity contribution is 0.100. The molecule has 2 aromatic heterocycles. The summed E-state index contributed by atoms with van der Waals surface area (Å²) in [5, 5.41) is 14.3. The lowest BCUT2D eigenvalue weighted by atomic mass is 9.98. The van der Waals surface area contributed by atoms with E-state index in [4.69, 9.17) is 21.7 Å². The minimum atomic E-state index is -0.476. The first-order chi connectivity index (χ1) is 16.0. The van der Waals surface area contributed by atoms with Crippen molar-refractivity contribution in [3.63, 3.8) is 0 Å². The molecule has 0 fully saturated rings. The molecule has 1 amide bonds. The highest BCUT2D eigenvalue weighted by atomic mass is 32.1. The molecule has 4 aromatic rings. The van der Waals surface area contributed by atoms with Crippen molar-refractivity contribution >= 4 is 17.2 Å². The highest BCUT2D eigenvalue weighted by Crippen LogP contribution is 2.36. The van der Waals surface area contributed by atoms with Gasteiger partial charge in [0.1, 0.15) is 5.01 Å². The topological polar surface area (TPSA) is 124 Å². The van der Waals surface area contributed by atoms with Crippen LogP contribution < -0.4 is 11.5 Å². The van der Waals surface area contributed by atoms with Crippen molar-refractivity contribution in [3.05, 3.63) is 82.1 Å². The molecular weight excluding hydrogens is 432 g/mol. The lowest BCUT2D eigenvalue weighted by Crippen LogP contribution is -2.26. The SMILES string of the molecule is N#Cc1ccc(-c2cnn(Cc3cccc(C(N)=O)c3-c3nc4c(s3)C[C@H](N)CC4)c2)cc1. The number of benzene rings is 2. The monoisotopic (exact) mass is 454 g/mol. The van der Waals surface area contributed by atoms with Crippen LogP contribution in [-0.2, 0) is 19.4 Å². The molecule has 2 heterocycles. The maximum atomic E-state index is 12.3. The molecule has 8 heteroatoms. The minimum absolute atomic E-state index is 0.154. The number of aryl methyl sites for hydroxylation is 1. The first kappa shape index (κ1) is 21.1. The van der Waals surface area contributed by atoms with E-state index >= 15 is 0 Å². The fourth-order valence-corrected chi connectivity index (χ4v) is 5.50. The largest absolute Gasteiger partial charge is 0.366 e. The van der Waals surface area contributed by atoms with E-state index in [1.54, 1.807) is 35.7 Å². The fourth-order valence-electron chi connectivity index (χ4n) is 4.21. The normalized spacial score (nSPS) is 15.1. The fraction of sp³-hybridized carbons (Fsp3) is 0.200. The number of fused-ring (bicyclic) bond motifs is 1. The second-order valence-corrected chi connectivity index (χ2v) is 9.30. The Kier molecular flexibility index (Phi) is 5.50. The number of amides is 1. The molecule has 0 spiro atoms. The second-order valence-electron chi connectivity index (χ2n) is 8.21. The van der Waals surface area contributed by atoms with Gasteiger partial charge in [0, 0.05) is 33.8 Å². The molecule has 0 bridgehead atoms. The van der Waals surface area contributed by atoms with Gasteiger partial charge in [-0.05, 0) is 48.6 Å². The molecule has 1 atom stereocenters. The molecule has 5 rings (SSSR count). The van der Waals surface area contributed by atoms with Crippen LogP contribution in [0.3, 0.4) is 0 Å². The number of nitriles is 1. The van der Waals surface area contributed by atoms with Crippen LogP contribution in [0.4, 0.5) is 0 Å². The molecule has 33 heavy (non-hydrogen) atoms. The van der Waals surface area contributed by atoms with E-state index in [0.717, 1.165) is 52.2 Å². The van der Waals surface area contributed by atoms with E-state index in [2.05, 4.69) is 11.2 Å². The van der Waals surface area contributed by atoms with Crippen molar-refractivity contribution in [3.8, 4) is 27.8 Å². The highest BCUT2D eigenvalue weighted by Gasteiger charge is 2.24. The first-order valence-corrected chi connectivity index (χ1v) is 11.5. The molecule has 0 aliphatic heterocycles. The van der Waals surface area contributed by atoms with Gasteiger partial charge >= 0.3 is 0 Å². The number of thiazole rings is 1. The number of carbonyl (C=O) groups is 1. The Hall–Kier alpha value is -3.80. The van der Waals surface area contributed by atoms with Gasteiger partial charge < -0.3 is 11.5 Å². The third kappa shape index (κ3) is 4.16. The minimum Gasteiger partial charge on any atom is -0.366 e. The molecular formula is C25H22N6OS. The van der Waals surface area contributed by atoms with Crippen molar-refractivity contribution in [1.29, 1.82) is 5.26 Å². The third-order valence-electron chi connectivity index (χ3n) is 5.92. The van der Waals surface area contributed by atoms with Crippen LogP contribution in [0.2, 0.25) is 0 Å². The number of hydrogen-bond acceptors (Lipinski definition) is 6. The lowest BCUT2D eigenvalue weighted by Gasteiger charge is -2.15. The van der Waals surface area contributed by atoms with Crippen LogP contribution >= 0.6 is 11.3 Å². The Morgan fingerprint density at radius 1 is 1.21 bits per heavy atom. The summed E-state index contributed by atoms with van der Waals surface area (Å²) >= 11 is 1.60. The predicted molar refractivity (Wildman–Crippen MR) is 128 cm³/mol. The Balaban J connectivity index is 1.51. The average Bonchev–Trinajstić information content (AvgIpc) is 3.45. The summed E-state index contributed by atoms with van der Waals surface area (Å²) in [6.45, 7) is 0.469. The van der Waals surface area contributed by atoms with Crippen LogP contribution in [0.5, 0.6) is 0 Å². The van der Waals surface area contributed by atoms with Gasteiger partial charge in [0.2, 0.25) is 5.91 Å². The summed E-state index contributed by atoms with van der Waals surface area (Å²) in [4.78, 5) is 18.3. The van der Waals surface area contributed by atoms with E-state index in [1.165, 1.54) is 4.88 Å². The molecule has 1 aliphatic rings. The van der Waals surface area contributed by atoms with Gasteiger partial charge in [-0.15, -0.1) is 11.3 Å². The van der Waals surface area contributed by atoms with Crippen molar-refractivity contribution in [1.82, 2.24) is 14.8 Å². The highest BCUT2D eigenvalue weighted by molar-refractivity contribution is 7.15. The standard InChI is InChI=1S/C25H22N6OS/c26-11-15-4-6-16(7-5-15)18-12-29-31(14-18)13-17-2-1-3-20(24(28)32)23(17)25-30-21-9-8-19(27)10-22(21)33-25/h1-7,12,14,19H,8-10,13,27H2,(H2,28,32)/t19-/m1/s1. The Bertz CT molecular complexity index is 1380. The van der Waals surface area contributed by atoms with Gasteiger partial charge in [-0.1, -0.05) is 24.3 Å². The Labute approximate surface area is 195 Å². The van der Waals surface area contributed by atoms with Gasteiger partial charge in [-0.2, -0.15) is 10.4 Å². The van der Waals surface area contributed by atoms with Gasteiger partial charge in [-0.3, -0.25) is 9.48 Å². The molecule has 0 unspecified atom stereocenters. The summed E-state index contributed by atoms with van der Waals surface area (Å²) in [6.07, 6.45) is 6.34. The number of aromatic nitrogens is 3. The van der Waals surface area contributed by atoms with E-state index in [1.807, 2.05) is 35.1 Å². The number of hydrogen-bond donors (Lipinski definition) is 2. The molecule has 0 saturated heterocycles. The number of nitrogens with two attached hydrogens (primary N) is 2. The van der Waals surface area contributed by atoms with Crippen LogP contribution in [-0.4, -0.2) is 26.7 Å². The molecule has 2 aromatic carbocycles. The number of rotatable bonds is 5. The van der Waals surface area contributed by atoms with Gasteiger partial charge in [-0.25, -0.2) is 4.98 Å². The second kappa shape index (κ2) is 8.62. The van der Waals surface area contributed by atoms with E-state index < -0.39 is 5.91 Å². The summed E-state index contributed by atoms with van der Waals surface area (Å²) in [6, 6.07) is 15.2. The quantitative estimate of drug-likeness (QED) is 0.478. The summed E-state index contributed by atoms with van der Waals surface area (Å²) in [7, 11) is 0. The number of primary amides is 1. The molecule has 4 N–H and O–H groups in total. The van der Waals surface area contributed by atoms with Crippen molar-refractivity contribution in [2.24, 2.45) is 11.5 Å². The third-order valence-corrected chi connectivity index (χ3v) is 7.06. The van der Waals surface area contributed by atoms with Crippen LogP contribution in [0.25, 0.3) is 21.7 Å². The van der Waals surface area contributed by atoms with Crippen LogP contribution in [0.1, 0.15) is 38.5 Å². The predicted octanol–water partition coefficient (Wildman–Crippen LogP) is 3.51. The Morgan fingerprint density at radius 2 is 2.03 bits per heavy atom. The number of carbonyl (C=O) groups excluding carboxylic acids is 1. The molecule has 0 saturated carbocycles. The summed E-state index contributed by atoms with van der Waals surface area (Å²) in [5.74, 6) is -0.476. The summed E-state index contributed by atoms with van der Waals surface area (Å²) in [5.41, 5.74) is 17.7. The zero-order valence-electron chi connectivity index (χ0n) is 17.9. The van der Waals surface area contributed by atoms with Gasteiger partial charge in [0.25, 0.3) is 0 Å². The molecule has 164 valence electrons. The van der Waals surface area contributed by atoms with E-state index in [9.17, 15) is 4.79 Å². The van der Waals surface area contributed by atoms with E-state index in [0.29, 0.717) is 17.7 Å². The van der Waals surface area contributed by atoms with Crippen LogP contribution in [0, 0.1) is 11.3 Å². The van der Waals surface area contributed by atoms with Crippen LogP contribution in [0.15, 0.2) is 54.9 Å². The van der Waals surface area contributed by atoms with Crippen molar-refractivity contribution < 1.29 is 4.79 Å². The Morgan fingerprint density at radius 3 is 2.79 bits per heavy atom. The maximum Gasteiger partial charge on any atom is 0.249 e. The maximum absolute atomic E-state index is 12.3. The molecule has 0 radical (unpaired) electrons. The van der Waals surface area contributed by atoms with E-state index in [-0.39, 0.29) is 6.04 Å². The zero-order chi connectivity index (χ0) is 22.9. The first-order valence-electron chi connectivity index (χ1n) is 10.7. The summed E-state index contributed by atoms with van der Waals surface area (Å²) < 4.78 is 1.83. The number of nitrogens with zero attached hydrogens (tertiary/aromatic N) is 4. The molecule has 1 aliphatic carbocycles. The zero-order valence-corrected chi connectivity index (χ0v) is 18.7. The van der Waals surface area contributed by atoms with Crippen molar-refractivity contribution in [2.45, 2.75) is 31.8 Å².